The smallest absolute Gasteiger partial charge is 0.332 e. The van der Waals surface area contributed by atoms with Gasteiger partial charge < -0.3 is 5.32 Å². The van der Waals surface area contributed by atoms with Crippen molar-refractivity contribution in [2.45, 2.75) is 6.18 Å². The Bertz CT molecular complexity index is 689. The Morgan fingerprint density at radius 2 is 1.95 bits per heavy atom. The molecule has 2 rings (SSSR count). The van der Waals surface area contributed by atoms with E-state index < -0.39 is 17.6 Å². The number of pyridine rings is 1. The molecule has 0 saturated heterocycles. The van der Waals surface area contributed by atoms with Gasteiger partial charge in [0.25, 0.3) is 5.91 Å². The summed E-state index contributed by atoms with van der Waals surface area (Å²) in [5, 5.41) is 4.79. The van der Waals surface area contributed by atoms with Crippen LogP contribution in [0.5, 0.6) is 0 Å². The summed E-state index contributed by atoms with van der Waals surface area (Å²) >= 11 is 4.90. The standard InChI is InChI=1S/C14H10F3N3OS/c15-14(16,17)10-4-1-5-11(7-10)19-13(22)20-12(21)9-3-2-6-18-8-9/h1-8H,(H2,19,20,21,22). The van der Waals surface area contributed by atoms with E-state index in [0.29, 0.717) is 0 Å². The van der Waals surface area contributed by atoms with Crippen LogP contribution in [0.4, 0.5) is 18.9 Å². The number of benzene rings is 1. The fourth-order valence-electron chi connectivity index (χ4n) is 1.61. The molecule has 1 aromatic carbocycles. The highest BCUT2D eigenvalue weighted by molar-refractivity contribution is 7.80. The molecule has 0 aliphatic heterocycles. The first-order valence-corrected chi connectivity index (χ1v) is 6.47. The van der Waals surface area contributed by atoms with Crippen molar-refractivity contribution in [1.29, 1.82) is 0 Å². The lowest BCUT2D eigenvalue weighted by Crippen LogP contribution is -2.34. The summed E-state index contributed by atoms with van der Waals surface area (Å²) in [7, 11) is 0. The van der Waals surface area contributed by atoms with Gasteiger partial charge in [0.05, 0.1) is 11.1 Å². The third-order valence-corrected chi connectivity index (χ3v) is 2.80. The van der Waals surface area contributed by atoms with Crippen molar-refractivity contribution in [1.82, 2.24) is 10.3 Å². The molecule has 0 bridgehead atoms. The van der Waals surface area contributed by atoms with Crippen LogP contribution >= 0.6 is 12.2 Å². The second kappa shape index (κ2) is 6.52. The van der Waals surface area contributed by atoms with Crippen LogP contribution in [-0.4, -0.2) is 16.0 Å². The van der Waals surface area contributed by atoms with Crippen molar-refractivity contribution < 1.29 is 18.0 Å². The van der Waals surface area contributed by atoms with Gasteiger partial charge in [0.15, 0.2) is 5.11 Å². The van der Waals surface area contributed by atoms with E-state index in [1.54, 1.807) is 6.07 Å². The summed E-state index contributed by atoms with van der Waals surface area (Å²) in [6.45, 7) is 0. The molecular weight excluding hydrogens is 315 g/mol. The Balaban J connectivity index is 2.02. The number of nitrogens with zero attached hydrogens (tertiary/aromatic N) is 1. The molecule has 0 unspecified atom stereocenters. The Labute approximate surface area is 129 Å². The predicted molar refractivity (Wildman–Crippen MR) is 79.4 cm³/mol. The maximum Gasteiger partial charge on any atom is 0.416 e. The largest absolute Gasteiger partial charge is 0.416 e. The van der Waals surface area contributed by atoms with Crippen LogP contribution in [0.15, 0.2) is 48.8 Å². The van der Waals surface area contributed by atoms with Gasteiger partial charge in [-0.25, -0.2) is 0 Å². The molecule has 114 valence electrons. The first-order valence-electron chi connectivity index (χ1n) is 6.06. The summed E-state index contributed by atoms with van der Waals surface area (Å²) in [5.74, 6) is -0.502. The number of carbonyl (C=O) groups is 1. The minimum absolute atomic E-state index is 0.104. The highest BCUT2D eigenvalue weighted by Gasteiger charge is 2.30. The first-order chi connectivity index (χ1) is 10.4. The Morgan fingerprint density at radius 1 is 1.18 bits per heavy atom. The lowest BCUT2D eigenvalue weighted by atomic mass is 10.2. The Hall–Kier alpha value is -2.48. The molecule has 0 aliphatic rings. The van der Waals surface area contributed by atoms with Gasteiger partial charge in [0.1, 0.15) is 0 Å². The van der Waals surface area contributed by atoms with Gasteiger partial charge >= 0.3 is 6.18 Å². The van der Waals surface area contributed by atoms with Gasteiger partial charge in [-0.1, -0.05) is 6.07 Å². The van der Waals surface area contributed by atoms with Gasteiger partial charge in [0, 0.05) is 18.1 Å². The summed E-state index contributed by atoms with van der Waals surface area (Å²) in [6, 6.07) is 7.63. The van der Waals surface area contributed by atoms with Gasteiger partial charge in [-0.15, -0.1) is 0 Å². The molecule has 1 amide bonds. The highest BCUT2D eigenvalue weighted by atomic mass is 32.1. The number of aromatic nitrogens is 1. The molecule has 0 radical (unpaired) electrons. The van der Waals surface area contributed by atoms with Gasteiger partial charge in [-0.3, -0.25) is 15.1 Å². The van der Waals surface area contributed by atoms with E-state index >= 15 is 0 Å². The zero-order chi connectivity index (χ0) is 16.2. The van der Waals surface area contributed by atoms with E-state index in [0.717, 1.165) is 12.1 Å². The van der Waals surface area contributed by atoms with E-state index in [2.05, 4.69) is 15.6 Å². The number of hydrogen-bond acceptors (Lipinski definition) is 3. The first kappa shape index (κ1) is 15.9. The minimum atomic E-state index is -4.45. The summed E-state index contributed by atoms with van der Waals surface area (Å²) < 4.78 is 37.8. The number of rotatable bonds is 2. The van der Waals surface area contributed by atoms with Crippen LogP contribution in [0, 0.1) is 0 Å². The second-order valence-corrected chi connectivity index (χ2v) is 4.64. The molecule has 0 atom stereocenters. The van der Waals surface area contributed by atoms with Crippen LogP contribution in [0.3, 0.4) is 0 Å². The number of hydrogen-bond donors (Lipinski definition) is 2. The number of amides is 1. The van der Waals surface area contributed by atoms with E-state index in [9.17, 15) is 18.0 Å². The maximum absolute atomic E-state index is 12.6. The van der Waals surface area contributed by atoms with Crippen molar-refractivity contribution in [2.24, 2.45) is 0 Å². The molecule has 0 aliphatic carbocycles. The lowest BCUT2D eigenvalue weighted by Gasteiger charge is -2.12. The zero-order valence-corrected chi connectivity index (χ0v) is 11.8. The molecule has 0 fully saturated rings. The quantitative estimate of drug-likeness (QED) is 0.833. The molecule has 1 heterocycles. The van der Waals surface area contributed by atoms with Crippen LogP contribution in [0.25, 0.3) is 0 Å². The average molecular weight is 325 g/mol. The van der Waals surface area contributed by atoms with Crippen LogP contribution in [-0.2, 0) is 6.18 Å². The predicted octanol–water partition coefficient (Wildman–Crippen LogP) is 3.23. The van der Waals surface area contributed by atoms with Crippen LogP contribution in [0.1, 0.15) is 15.9 Å². The molecule has 2 aromatic rings. The normalized spacial score (nSPS) is 10.9. The highest BCUT2D eigenvalue weighted by Crippen LogP contribution is 2.30. The fourth-order valence-corrected chi connectivity index (χ4v) is 1.82. The molecule has 1 aromatic heterocycles. The average Bonchev–Trinajstić information content (AvgIpc) is 2.47. The van der Waals surface area contributed by atoms with Crippen molar-refractivity contribution in [3.63, 3.8) is 0 Å². The van der Waals surface area contributed by atoms with E-state index in [-0.39, 0.29) is 16.4 Å². The van der Waals surface area contributed by atoms with Crippen molar-refractivity contribution in [3.8, 4) is 0 Å². The van der Waals surface area contributed by atoms with Crippen LogP contribution in [0.2, 0.25) is 0 Å². The number of thiocarbonyl (C=S) groups is 1. The number of nitrogens with one attached hydrogen (secondary N) is 2. The SMILES string of the molecule is O=C(NC(=S)Nc1cccc(C(F)(F)F)c1)c1cccnc1. The minimum Gasteiger partial charge on any atom is -0.332 e. The van der Waals surface area contributed by atoms with Gasteiger partial charge in [-0.05, 0) is 42.5 Å². The Morgan fingerprint density at radius 3 is 2.59 bits per heavy atom. The lowest BCUT2D eigenvalue weighted by molar-refractivity contribution is -0.137. The number of alkyl halides is 3. The Kier molecular flexibility index (Phi) is 4.71. The molecule has 8 heteroatoms. The third kappa shape index (κ3) is 4.26. The molecular formula is C14H10F3N3OS. The second-order valence-electron chi connectivity index (χ2n) is 4.23. The number of anilines is 1. The number of halogens is 3. The molecule has 4 nitrogen and oxygen atoms in total. The van der Waals surface area contributed by atoms with Crippen LogP contribution < -0.4 is 10.6 Å². The summed E-state index contributed by atoms with van der Waals surface area (Å²) in [6.07, 6.45) is -1.59. The maximum atomic E-state index is 12.6. The fraction of sp³-hybridized carbons (Fsp3) is 0.0714. The zero-order valence-electron chi connectivity index (χ0n) is 11.0. The van der Waals surface area contributed by atoms with Crippen molar-refractivity contribution in [2.75, 3.05) is 5.32 Å². The van der Waals surface area contributed by atoms with Gasteiger partial charge in [0.2, 0.25) is 0 Å². The summed E-state index contributed by atoms with van der Waals surface area (Å²) in [4.78, 5) is 15.6. The number of carbonyl (C=O) groups excluding carboxylic acids is 1. The molecule has 2 N–H and O–H groups in total. The molecule has 22 heavy (non-hydrogen) atoms. The van der Waals surface area contributed by atoms with Gasteiger partial charge in [-0.2, -0.15) is 13.2 Å². The van der Waals surface area contributed by atoms with E-state index in [4.69, 9.17) is 12.2 Å². The van der Waals surface area contributed by atoms with Crippen molar-refractivity contribution in [3.05, 3.63) is 59.9 Å². The topological polar surface area (TPSA) is 54.0 Å². The summed E-state index contributed by atoms with van der Waals surface area (Å²) in [5.41, 5.74) is -0.388. The molecule has 0 spiro atoms. The van der Waals surface area contributed by atoms with Crippen molar-refractivity contribution >= 4 is 28.9 Å². The molecule has 0 saturated carbocycles. The third-order valence-electron chi connectivity index (χ3n) is 2.60. The van der Waals surface area contributed by atoms with E-state index in [1.165, 1.54) is 30.6 Å². The van der Waals surface area contributed by atoms with E-state index in [1.807, 2.05) is 0 Å². The monoisotopic (exact) mass is 325 g/mol.